The van der Waals surface area contributed by atoms with Gasteiger partial charge in [-0.05, 0) is 20.3 Å². The van der Waals surface area contributed by atoms with Crippen LogP contribution in [-0.2, 0) is 18.9 Å². The van der Waals surface area contributed by atoms with E-state index >= 15 is 0 Å². The van der Waals surface area contributed by atoms with E-state index in [1.165, 1.54) is 0 Å². The Balaban J connectivity index is 4.48. The minimum atomic E-state index is 0.179. The van der Waals surface area contributed by atoms with Gasteiger partial charge in [0.1, 0.15) is 0 Å². The van der Waals surface area contributed by atoms with E-state index in [0.717, 1.165) is 25.0 Å². The predicted molar refractivity (Wildman–Crippen MR) is 62.8 cm³/mol. The normalized spacial score (nSPS) is 12.0. The van der Waals surface area contributed by atoms with Gasteiger partial charge >= 0.3 is 5.95 Å². The summed E-state index contributed by atoms with van der Waals surface area (Å²) in [7, 11) is 1.58. The highest BCUT2D eigenvalue weighted by Gasteiger charge is 2.11. The lowest BCUT2D eigenvalue weighted by Gasteiger charge is -2.15. The average molecular weight is 232 g/mol. The monoisotopic (exact) mass is 232 g/mol. The number of hydrogen-bond donors (Lipinski definition) is 0. The maximum absolute atomic E-state index is 5.53. The first-order chi connectivity index (χ1) is 7.79. The van der Waals surface area contributed by atoms with E-state index in [1.807, 2.05) is 13.8 Å². The van der Waals surface area contributed by atoms with Crippen LogP contribution in [0.3, 0.4) is 0 Å². The molecule has 0 heterocycles. The molecule has 0 unspecified atom stereocenters. The van der Waals surface area contributed by atoms with Gasteiger partial charge in [0, 0.05) is 13.5 Å². The van der Waals surface area contributed by atoms with Gasteiger partial charge in [-0.3, -0.25) is 0 Å². The number of hydrogen-bond acceptors (Lipinski definition) is 4. The van der Waals surface area contributed by atoms with Crippen LogP contribution in [0, 0.1) is 0 Å². The van der Waals surface area contributed by atoms with E-state index in [0.29, 0.717) is 19.2 Å². The largest absolute Gasteiger partial charge is 0.491 e. The molecular weight excluding hydrogens is 208 g/mol. The summed E-state index contributed by atoms with van der Waals surface area (Å²) in [4.78, 5) is 0. The molecule has 0 aliphatic rings. The highest BCUT2D eigenvalue weighted by molar-refractivity contribution is 4.95. The Labute approximate surface area is 98.5 Å². The van der Waals surface area contributed by atoms with Crippen molar-refractivity contribution >= 4 is 0 Å². The third kappa shape index (κ3) is 6.56. The highest BCUT2D eigenvalue weighted by atomic mass is 16.7. The van der Waals surface area contributed by atoms with Crippen molar-refractivity contribution < 1.29 is 18.9 Å². The summed E-state index contributed by atoms with van der Waals surface area (Å²) in [5.74, 6) is 1.24. The Morgan fingerprint density at radius 2 is 1.62 bits per heavy atom. The molecule has 0 aliphatic heterocycles. The zero-order valence-electron chi connectivity index (χ0n) is 10.9. The molecule has 0 fully saturated rings. The van der Waals surface area contributed by atoms with Crippen molar-refractivity contribution in [2.24, 2.45) is 0 Å². The number of allylic oxidation sites excluding steroid dienone is 1. The predicted octanol–water partition coefficient (Wildman–Crippen LogP) is 3.04. The molecule has 4 heteroatoms. The molecule has 96 valence electrons. The van der Waals surface area contributed by atoms with Crippen molar-refractivity contribution in [2.75, 3.05) is 27.1 Å². The summed E-state index contributed by atoms with van der Waals surface area (Å²) in [6.07, 6.45) is 3.01. The lowest BCUT2D eigenvalue weighted by atomic mass is 10.2. The van der Waals surface area contributed by atoms with Gasteiger partial charge in [0.05, 0.1) is 13.2 Å². The maximum Gasteiger partial charge on any atom is 0.321 e. The summed E-state index contributed by atoms with van der Waals surface area (Å²) in [5.41, 5.74) is 0. The minimum absolute atomic E-state index is 0.179. The van der Waals surface area contributed by atoms with Gasteiger partial charge in [-0.2, -0.15) is 0 Å². The van der Waals surface area contributed by atoms with Gasteiger partial charge in [-0.1, -0.05) is 13.3 Å². The molecular formula is C12H24O4. The van der Waals surface area contributed by atoms with Crippen LogP contribution in [0.25, 0.3) is 0 Å². The first-order valence-electron chi connectivity index (χ1n) is 5.90. The standard InChI is InChI=1S/C12H24O4/c1-5-8-9-11(14-6-2)12(15-7-3)16-10-13-4/h5-10H2,1-4H3/b12-11-. The molecule has 0 amide bonds. The number of rotatable bonds is 10. The molecule has 16 heavy (non-hydrogen) atoms. The first-order valence-corrected chi connectivity index (χ1v) is 5.90. The molecule has 0 saturated heterocycles. The van der Waals surface area contributed by atoms with E-state index in [4.69, 9.17) is 18.9 Å². The minimum Gasteiger partial charge on any atom is -0.491 e. The van der Waals surface area contributed by atoms with Gasteiger partial charge in [-0.15, -0.1) is 0 Å². The summed E-state index contributed by atoms with van der Waals surface area (Å²) in [6.45, 7) is 7.36. The fourth-order valence-electron chi connectivity index (χ4n) is 1.19. The average Bonchev–Trinajstić information content (AvgIpc) is 2.30. The van der Waals surface area contributed by atoms with E-state index < -0.39 is 0 Å². The fourth-order valence-corrected chi connectivity index (χ4v) is 1.19. The van der Waals surface area contributed by atoms with Crippen LogP contribution >= 0.6 is 0 Å². The van der Waals surface area contributed by atoms with Crippen LogP contribution in [0.15, 0.2) is 11.7 Å². The van der Waals surface area contributed by atoms with Crippen LogP contribution in [0.4, 0.5) is 0 Å². The Hall–Kier alpha value is -0.900. The summed E-state index contributed by atoms with van der Waals surface area (Å²) < 4.78 is 21.2. The van der Waals surface area contributed by atoms with Crippen molar-refractivity contribution in [3.8, 4) is 0 Å². The van der Waals surface area contributed by atoms with Gasteiger partial charge in [-0.25, -0.2) is 0 Å². The number of ether oxygens (including phenoxy) is 4. The smallest absolute Gasteiger partial charge is 0.321 e. The molecule has 4 nitrogen and oxygen atoms in total. The highest BCUT2D eigenvalue weighted by Crippen LogP contribution is 2.16. The van der Waals surface area contributed by atoms with E-state index in [1.54, 1.807) is 7.11 Å². The van der Waals surface area contributed by atoms with E-state index in [2.05, 4.69) is 6.92 Å². The van der Waals surface area contributed by atoms with Crippen molar-refractivity contribution in [1.29, 1.82) is 0 Å². The van der Waals surface area contributed by atoms with Gasteiger partial charge in [0.2, 0.25) is 0 Å². The molecule has 0 N–H and O–H groups in total. The Kier molecular flexibility index (Phi) is 10.0. The van der Waals surface area contributed by atoms with Gasteiger partial charge in [0.15, 0.2) is 12.6 Å². The third-order valence-corrected chi connectivity index (χ3v) is 1.89. The lowest BCUT2D eigenvalue weighted by Crippen LogP contribution is -2.07. The van der Waals surface area contributed by atoms with Gasteiger partial charge in [0.25, 0.3) is 0 Å². The SMILES string of the molecule is CCCC/C(OCC)=C(\OCC)OCOC. The van der Waals surface area contributed by atoms with Crippen molar-refractivity contribution in [3.63, 3.8) is 0 Å². The van der Waals surface area contributed by atoms with E-state index in [9.17, 15) is 0 Å². The molecule has 0 rings (SSSR count). The third-order valence-electron chi connectivity index (χ3n) is 1.89. The molecule has 0 aromatic rings. The maximum atomic E-state index is 5.53. The summed E-state index contributed by atoms with van der Waals surface area (Å²) >= 11 is 0. The quantitative estimate of drug-likeness (QED) is 0.428. The van der Waals surface area contributed by atoms with Crippen molar-refractivity contribution in [3.05, 3.63) is 11.7 Å². The Morgan fingerprint density at radius 3 is 2.12 bits per heavy atom. The molecule has 0 spiro atoms. The van der Waals surface area contributed by atoms with Crippen LogP contribution < -0.4 is 0 Å². The molecule has 0 aromatic carbocycles. The lowest BCUT2D eigenvalue weighted by molar-refractivity contribution is -0.0663. The first kappa shape index (κ1) is 15.1. The second kappa shape index (κ2) is 10.6. The fraction of sp³-hybridized carbons (Fsp3) is 0.833. The molecule has 0 radical (unpaired) electrons. The summed E-state index contributed by atoms with van der Waals surface area (Å²) in [5, 5.41) is 0. The van der Waals surface area contributed by atoms with E-state index in [-0.39, 0.29) is 6.79 Å². The zero-order valence-corrected chi connectivity index (χ0v) is 10.9. The van der Waals surface area contributed by atoms with Gasteiger partial charge < -0.3 is 18.9 Å². The van der Waals surface area contributed by atoms with Crippen LogP contribution in [0.2, 0.25) is 0 Å². The van der Waals surface area contributed by atoms with Crippen LogP contribution in [0.1, 0.15) is 40.0 Å². The molecule has 0 saturated carbocycles. The van der Waals surface area contributed by atoms with Crippen molar-refractivity contribution in [2.45, 2.75) is 40.0 Å². The number of methoxy groups -OCH3 is 1. The zero-order chi connectivity index (χ0) is 12.2. The summed E-state index contributed by atoms with van der Waals surface area (Å²) in [6, 6.07) is 0. The molecule has 0 aliphatic carbocycles. The molecule has 0 atom stereocenters. The Bertz CT molecular complexity index is 169. The van der Waals surface area contributed by atoms with Crippen LogP contribution in [0.5, 0.6) is 0 Å². The second-order valence-corrected chi connectivity index (χ2v) is 3.23. The topological polar surface area (TPSA) is 36.9 Å². The van der Waals surface area contributed by atoms with Crippen LogP contribution in [-0.4, -0.2) is 27.1 Å². The Morgan fingerprint density at radius 1 is 0.938 bits per heavy atom. The van der Waals surface area contributed by atoms with Crippen molar-refractivity contribution in [1.82, 2.24) is 0 Å². The molecule has 0 aromatic heterocycles. The molecule has 0 bridgehead atoms. The second-order valence-electron chi connectivity index (χ2n) is 3.23. The number of unbranched alkanes of at least 4 members (excludes halogenated alkanes) is 1.